The van der Waals surface area contributed by atoms with E-state index in [1.54, 1.807) is 6.20 Å². The van der Waals surface area contributed by atoms with Crippen LogP contribution in [-0.4, -0.2) is 56.8 Å². The number of carbonyl (C=O) groups excluding carboxylic acids is 1. The summed E-state index contributed by atoms with van der Waals surface area (Å²) in [6.07, 6.45) is -1.70. The third-order valence-electron chi connectivity index (χ3n) is 4.31. The Morgan fingerprint density at radius 1 is 1.25 bits per heavy atom. The Hall–Kier alpha value is -3.55. The van der Waals surface area contributed by atoms with Gasteiger partial charge < -0.3 is 19.7 Å². The average molecular weight is 467 g/mol. The normalized spacial score (nSPS) is 16.1. The number of pyridine rings is 1. The molecule has 0 spiro atoms. The van der Waals surface area contributed by atoms with Crippen molar-refractivity contribution in [3.05, 3.63) is 42.4 Å². The molecule has 1 aliphatic rings. The number of amides is 1. The first-order valence-corrected chi connectivity index (χ1v) is 10.2. The molecule has 1 aliphatic heterocycles. The van der Waals surface area contributed by atoms with E-state index >= 15 is 0 Å². The number of nitrogens with zero attached hydrogens (tertiary/aromatic N) is 6. The second-order valence-electron chi connectivity index (χ2n) is 6.69. The second kappa shape index (κ2) is 9.30. The molecule has 1 atom stereocenters. The van der Waals surface area contributed by atoms with Gasteiger partial charge in [0.15, 0.2) is 5.82 Å². The molecule has 168 valence electrons. The predicted molar refractivity (Wildman–Crippen MR) is 106 cm³/mol. The fourth-order valence-corrected chi connectivity index (χ4v) is 3.70. The van der Waals surface area contributed by atoms with Gasteiger partial charge in [-0.2, -0.15) is 5.10 Å². The lowest BCUT2D eigenvalue weighted by Crippen LogP contribution is -2.25. The predicted octanol–water partition coefficient (Wildman–Crippen LogP) is 2.46. The maximum Gasteiger partial charge on any atom is 0.573 e. The Morgan fingerprint density at radius 2 is 2.12 bits per heavy atom. The molecule has 32 heavy (non-hydrogen) atoms. The summed E-state index contributed by atoms with van der Waals surface area (Å²) in [6, 6.07) is 5.78. The van der Waals surface area contributed by atoms with Gasteiger partial charge >= 0.3 is 6.36 Å². The fraction of sp³-hybridized carbons (Fsp3) is 0.333. The van der Waals surface area contributed by atoms with Gasteiger partial charge in [0.2, 0.25) is 11.0 Å². The number of aromatic nitrogens is 5. The van der Waals surface area contributed by atoms with Crippen LogP contribution in [-0.2, 0) is 11.2 Å². The summed E-state index contributed by atoms with van der Waals surface area (Å²) in [5, 5.41) is 18.8. The maximum absolute atomic E-state index is 12.3. The number of rotatable bonds is 7. The Bertz CT molecular complexity index is 1070. The van der Waals surface area contributed by atoms with Crippen LogP contribution < -0.4 is 19.7 Å². The van der Waals surface area contributed by atoms with Crippen LogP contribution in [0.4, 0.5) is 24.1 Å². The topological polar surface area (TPSA) is 115 Å². The molecule has 0 saturated carbocycles. The molecule has 0 bridgehead atoms. The molecule has 1 amide bonds. The lowest BCUT2D eigenvalue weighted by Gasteiger charge is -2.16. The highest BCUT2D eigenvalue weighted by Crippen LogP contribution is 2.27. The van der Waals surface area contributed by atoms with Gasteiger partial charge in [0.25, 0.3) is 5.19 Å². The molecular formula is C18H16F3N7O3S. The number of nitrogens with one attached hydrogen (secondary N) is 1. The lowest BCUT2D eigenvalue weighted by molar-refractivity contribution is -0.274. The molecule has 4 rings (SSSR count). The molecule has 0 aliphatic carbocycles. The molecule has 3 aromatic rings. The van der Waals surface area contributed by atoms with Gasteiger partial charge in [0, 0.05) is 31.4 Å². The second-order valence-corrected chi connectivity index (χ2v) is 7.63. The molecule has 14 heteroatoms. The van der Waals surface area contributed by atoms with Gasteiger partial charge in [-0.1, -0.05) is 5.10 Å². The zero-order valence-electron chi connectivity index (χ0n) is 16.3. The van der Waals surface area contributed by atoms with Gasteiger partial charge in [-0.25, -0.2) is 0 Å². The molecule has 0 aromatic carbocycles. The van der Waals surface area contributed by atoms with E-state index in [-0.39, 0.29) is 23.4 Å². The quantitative estimate of drug-likeness (QED) is 0.559. The van der Waals surface area contributed by atoms with Crippen molar-refractivity contribution >= 4 is 28.2 Å². The standard InChI is InChI=1S/C18H16F3N7O3S/c19-18(20,21)31-12-3-6-22-11(8-12)9-15(29)24-16-26-27-17(32-16)30-13-4-7-28(10-13)14-2-1-5-23-25-14/h1-3,5-6,8,13H,4,7,9-10H2,(H,24,26,29)/t13-/m1/s1. The zero-order valence-corrected chi connectivity index (χ0v) is 17.1. The summed E-state index contributed by atoms with van der Waals surface area (Å²) in [6.45, 7) is 1.37. The van der Waals surface area contributed by atoms with Gasteiger partial charge in [-0.05, 0) is 29.5 Å². The van der Waals surface area contributed by atoms with Crippen LogP contribution in [0, 0.1) is 0 Å². The minimum absolute atomic E-state index is 0.111. The first kappa shape index (κ1) is 21.7. The number of carbonyl (C=O) groups is 1. The van der Waals surface area contributed by atoms with E-state index in [1.165, 1.54) is 0 Å². The molecule has 0 radical (unpaired) electrons. The molecule has 10 nitrogen and oxygen atoms in total. The summed E-state index contributed by atoms with van der Waals surface area (Å²) in [5.41, 5.74) is 0.111. The maximum atomic E-state index is 12.3. The van der Waals surface area contributed by atoms with E-state index in [1.807, 2.05) is 17.0 Å². The first-order valence-electron chi connectivity index (χ1n) is 9.37. The van der Waals surface area contributed by atoms with Gasteiger partial charge in [-0.15, -0.1) is 23.4 Å². The smallest absolute Gasteiger partial charge is 0.464 e. The van der Waals surface area contributed by atoms with Gasteiger partial charge in [-0.3, -0.25) is 9.78 Å². The van der Waals surface area contributed by atoms with Crippen molar-refractivity contribution < 1.29 is 27.4 Å². The van der Waals surface area contributed by atoms with Crippen LogP contribution >= 0.6 is 11.3 Å². The summed E-state index contributed by atoms with van der Waals surface area (Å²) >= 11 is 1.05. The Balaban J connectivity index is 1.28. The van der Waals surface area contributed by atoms with Crippen molar-refractivity contribution in [2.75, 3.05) is 23.3 Å². The van der Waals surface area contributed by atoms with Gasteiger partial charge in [0.05, 0.1) is 18.7 Å². The summed E-state index contributed by atoms with van der Waals surface area (Å²) in [5.74, 6) is -0.199. The Kier molecular flexibility index (Phi) is 6.30. The van der Waals surface area contributed by atoms with E-state index in [0.29, 0.717) is 11.7 Å². The number of ether oxygens (including phenoxy) is 2. The van der Waals surface area contributed by atoms with Crippen LogP contribution in [0.1, 0.15) is 12.1 Å². The number of hydrogen-bond acceptors (Lipinski definition) is 10. The fourth-order valence-electron chi connectivity index (χ4n) is 3.02. The van der Waals surface area contributed by atoms with E-state index in [0.717, 1.165) is 48.4 Å². The van der Waals surface area contributed by atoms with Crippen LogP contribution in [0.2, 0.25) is 0 Å². The third kappa shape index (κ3) is 6.00. The van der Waals surface area contributed by atoms with Crippen molar-refractivity contribution in [1.29, 1.82) is 0 Å². The van der Waals surface area contributed by atoms with E-state index in [2.05, 4.69) is 35.4 Å². The largest absolute Gasteiger partial charge is 0.573 e. The number of alkyl halides is 3. The highest BCUT2D eigenvalue weighted by atomic mass is 32.1. The van der Waals surface area contributed by atoms with Crippen LogP contribution in [0.15, 0.2) is 36.7 Å². The van der Waals surface area contributed by atoms with Crippen LogP contribution in [0.3, 0.4) is 0 Å². The monoisotopic (exact) mass is 467 g/mol. The first-order chi connectivity index (χ1) is 15.3. The number of hydrogen-bond donors (Lipinski definition) is 1. The summed E-state index contributed by atoms with van der Waals surface area (Å²) < 4.78 is 46.6. The highest BCUT2D eigenvalue weighted by Gasteiger charge is 2.31. The van der Waals surface area contributed by atoms with Gasteiger partial charge in [0.1, 0.15) is 11.9 Å². The average Bonchev–Trinajstić information content (AvgIpc) is 3.37. The van der Waals surface area contributed by atoms with Crippen LogP contribution in [0.5, 0.6) is 10.9 Å². The highest BCUT2D eigenvalue weighted by molar-refractivity contribution is 7.17. The third-order valence-corrected chi connectivity index (χ3v) is 5.04. The summed E-state index contributed by atoms with van der Waals surface area (Å²) in [4.78, 5) is 18.1. The Morgan fingerprint density at radius 3 is 2.91 bits per heavy atom. The molecule has 1 N–H and O–H groups in total. The van der Waals surface area contributed by atoms with Crippen molar-refractivity contribution in [3.8, 4) is 10.9 Å². The molecular weight excluding hydrogens is 451 g/mol. The molecule has 1 fully saturated rings. The van der Waals surface area contributed by atoms with Crippen molar-refractivity contribution in [1.82, 2.24) is 25.4 Å². The zero-order chi connectivity index (χ0) is 22.6. The van der Waals surface area contributed by atoms with Crippen LogP contribution in [0.25, 0.3) is 0 Å². The number of halogens is 3. The van der Waals surface area contributed by atoms with Crippen molar-refractivity contribution in [2.24, 2.45) is 0 Å². The molecule has 0 unspecified atom stereocenters. The van der Waals surface area contributed by atoms with E-state index < -0.39 is 18.0 Å². The molecule has 4 heterocycles. The van der Waals surface area contributed by atoms with E-state index in [4.69, 9.17) is 4.74 Å². The number of anilines is 2. The van der Waals surface area contributed by atoms with Crippen molar-refractivity contribution in [2.45, 2.75) is 25.3 Å². The van der Waals surface area contributed by atoms with E-state index in [9.17, 15) is 18.0 Å². The lowest BCUT2D eigenvalue weighted by atomic mass is 10.2. The summed E-state index contributed by atoms with van der Waals surface area (Å²) in [7, 11) is 0. The van der Waals surface area contributed by atoms with Crippen molar-refractivity contribution in [3.63, 3.8) is 0 Å². The minimum Gasteiger partial charge on any atom is -0.464 e. The Labute approximate surface area is 183 Å². The minimum atomic E-state index is -4.82. The SMILES string of the molecule is O=C(Cc1cc(OC(F)(F)F)ccn1)Nc1nnc(O[C@@H]2CCN(c3cccnn3)C2)s1. The molecule has 3 aromatic heterocycles. The molecule has 1 saturated heterocycles.